The SMILES string of the molecule is c1ccc(-c2ccc(N(c3ccc4c(c3)c3c(-c5ccc6c(c5)oc5ccccc56)c5c(cc3n4-c3ccccc3)oc3ccccc35)c3cc4ccccc4c4ccccc34)cc2)cc1. The predicted octanol–water partition coefficient (Wildman–Crippen LogP) is 17.7. The first-order valence-electron chi connectivity index (χ1n) is 22.5. The second-order valence-electron chi connectivity index (χ2n) is 17.2. The molecular weight excluding hydrogens is 805 g/mol. The van der Waals surface area contributed by atoms with E-state index in [4.69, 9.17) is 8.83 Å². The molecule has 3 aromatic heterocycles. The molecular formula is C62H38N2O2. The first-order chi connectivity index (χ1) is 32.7. The van der Waals surface area contributed by atoms with E-state index in [1.54, 1.807) is 0 Å². The van der Waals surface area contributed by atoms with E-state index in [1.807, 2.05) is 18.2 Å². The molecule has 0 aliphatic heterocycles. The Hall–Kier alpha value is -8.86. The molecule has 0 saturated carbocycles. The maximum atomic E-state index is 6.80. The van der Waals surface area contributed by atoms with Crippen LogP contribution in [0.3, 0.4) is 0 Å². The van der Waals surface area contributed by atoms with Gasteiger partial charge in [-0.1, -0.05) is 152 Å². The lowest BCUT2D eigenvalue weighted by molar-refractivity contribution is 0.668. The molecule has 0 N–H and O–H groups in total. The quantitative estimate of drug-likeness (QED) is 0.156. The van der Waals surface area contributed by atoms with Crippen LogP contribution in [-0.4, -0.2) is 4.57 Å². The lowest BCUT2D eigenvalue weighted by Gasteiger charge is -2.28. The normalized spacial score (nSPS) is 11.9. The summed E-state index contributed by atoms with van der Waals surface area (Å²) in [6, 6.07) is 82.9. The molecule has 0 fully saturated rings. The third-order valence-electron chi connectivity index (χ3n) is 13.5. The number of anilines is 3. The van der Waals surface area contributed by atoms with E-state index >= 15 is 0 Å². The summed E-state index contributed by atoms with van der Waals surface area (Å²) in [5, 5.41) is 11.5. The van der Waals surface area contributed by atoms with Crippen molar-refractivity contribution in [1.29, 1.82) is 0 Å². The Bertz CT molecular complexity index is 4220. The molecule has 0 aliphatic carbocycles. The van der Waals surface area contributed by atoms with Gasteiger partial charge in [0, 0.05) is 66.4 Å². The van der Waals surface area contributed by atoms with Crippen molar-refractivity contribution in [2.24, 2.45) is 0 Å². The van der Waals surface area contributed by atoms with E-state index in [0.717, 1.165) is 99.6 Å². The fraction of sp³-hybridized carbons (Fsp3) is 0. The molecule has 14 rings (SSSR count). The highest BCUT2D eigenvalue weighted by atomic mass is 16.3. The highest BCUT2D eigenvalue weighted by Crippen LogP contribution is 2.49. The van der Waals surface area contributed by atoms with Gasteiger partial charge in [-0.25, -0.2) is 0 Å². The van der Waals surface area contributed by atoms with Crippen LogP contribution in [0.5, 0.6) is 0 Å². The van der Waals surface area contributed by atoms with Crippen LogP contribution in [0.15, 0.2) is 239 Å². The van der Waals surface area contributed by atoms with E-state index < -0.39 is 0 Å². The van der Waals surface area contributed by atoms with Crippen molar-refractivity contribution in [3.05, 3.63) is 231 Å². The van der Waals surface area contributed by atoms with Crippen LogP contribution in [0.2, 0.25) is 0 Å². The Kier molecular flexibility index (Phi) is 7.95. The van der Waals surface area contributed by atoms with Crippen LogP contribution in [-0.2, 0) is 0 Å². The van der Waals surface area contributed by atoms with Crippen LogP contribution in [0, 0.1) is 0 Å². The van der Waals surface area contributed by atoms with Gasteiger partial charge in [0.25, 0.3) is 0 Å². The molecule has 0 unspecified atom stereocenters. The molecule has 0 amide bonds. The average molecular weight is 843 g/mol. The van der Waals surface area contributed by atoms with Crippen molar-refractivity contribution in [1.82, 2.24) is 4.57 Å². The number of hydrogen-bond donors (Lipinski definition) is 0. The number of rotatable bonds is 6. The van der Waals surface area contributed by atoms with E-state index in [0.29, 0.717) is 0 Å². The minimum Gasteiger partial charge on any atom is -0.456 e. The first-order valence-corrected chi connectivity index (χ1v) is 22.5. The van der Waals surface area contributed by atoms with Gasteiger partial charge in [0.1, 0.15) is 22.3 Å². The monoisotopic (exact) mass is 842 g/mol. The summed E-state index contributed by atoms with van der Waals surface area (Å²) in [6.07, 6.45) is 0. The maximum Gasteiger partial charge on any atom is 0.138 e. The molecule has 308 valence electrons. The molecule has 0 aliphatic rings. The van der Waals surface area contributed by atoms with Crippen molar-refractivity contribution in [3.63, 3.8) is 0 Å². The molecule has 14 aromatic rings. The summed E-state index contributed by atoms with van der Waals surface area (Å²) in [5.41, 5.74) is 14.4. The van der Waals surface area contributed by atoms with Crippen LogP contribution in [0.25, 0.3) is 115 Å². The highest BCUT2D eigenvalue weighted by Gasteiger charge is 2.25. The number of hydrogen-bond acceptors (Lipinski definition) is 3. The summed E-state index contributed by atoms with van der Waals surface area (Å²) in [6.45, 7) is 0. The Morgan fingerprint density at radius 3 is 1.71 bits per heavy atom. The zero-order valence-corrected chi connectivity index (χ0v) is 35.7. The van der Waals surface area contributed by atoms with Gasteiger partial charge in [0.2, 0.25) is 0 Å². The van der Waals surface area contributed by atoms with E-state index in [-0.39, 0.29) is 0 Å². The van der Waals surface area contributed by atoms with Gasteiger partial charge < -0.3 is 18.3 Å². The summed E-state index contributed by atoms with van der Waals surface area (Å²) >= 11 is 0. The highest BCUT2D eigenvalue weighted by molar-refractivity contribution is 6.28. The molecule has 11 aromatic carbocycles. The molecule has 0 saturated heterocycles. The number of furan rings is 2. The largest absolute Gasteiger partial charge is 0.456 e. The molecule has 0 spiro atoms. The van der Waals surface area contributed by atoms with E-state index in [2.05, 4.69) is 222 Å². The summed E-state index contributed by atoms with van der Waals surface area (Å²) < 4.78 is 15.8. The Morgan fingerprint density at radius 1 is 0.318 bits per heavy atom. The molecule has 66 heavy (non-hydrogen) atoms. The lowest BCUT2D eigenvalue weighted by Crippen LogP contribution is -2.10. The fourth-order valence-electron chi connectivity index (χ4n) is 10.6. The van der Waals surface area contributed by atoms with Gasteiger partial charge in [-0.2, -0.15) is 0 Å². The number of fused-ring (bicyclic) bond motifs is 12. The third-order valence-corrected chi connectivity index (χ3v) is 13.5. The minimum absolute atomic E-state index is 0.839. The maximum absolute atomic E-state index is 6.80. The number of benzene rings is 11. The smallest absolute Gasteiger partial charge is 0.138 e. The summed E-state index contributed by atoms with van der Waals surface area (Å²) in [7, 11) is 0. The van der Waals surface area contributed by atoms with Crippen LogP contribution >= 0.6 is 0 Å². The molecule has 0 radical (unpaired) electrons. The van der Waals surface area contributed by atoms with Crippen molar-refractivity contribution >= 4 is 104 Å². The summed E-state index contributed by atoms with van der Waals surface area (Å²) in [5.74, 6) is 0. The molecule has 4 heteroatoms. The summed E-state index contributed by atoms with van der Waals surface area (Å²) in [4.78, 5) is 2.45. The zero-order chi connectivity index (χ0) is 43.3. The van der Waals surface area contributed by atoms with Crippen molar-refractivity contribution in [3.8, 4) is 27.9 Å². The van der Waals surface area contributed by atoms with E-state index in [1.165, 1.54) is 32.7 Å². The van der Waals surface area contributed by atoms with Gasteiger partial charge in [-0.05, 0) is 106 Å². The third kappa shape index (κ3) is 5.52. The number of nitrogens with zero attached hydrogens (tertiary/aromatic N) is 2. The topological polar surface area (TPSA) is 34.5 Å². The van der Waals surface area contributed by atoms with E-state index in [9.17, 15) is 0 Å². The van der Waals surface area contributed by atoms with Crippen molar-refractivity contribution in [2.45, 2.75) is 0 Å². The molecule has 3 heterocycles. The van der Waals surface area contributed by atoms with Crippen LogP contribution in [0.1, 0.15) is 0 Å². The van der Waals surface area contributed by atoms with Crippen LogP contribution < -0.4 is 4.90 Å². The van der Waals surface area contributed by atoms with Crippen LogP contribution in [0.4, 0.5) is 17.1 Å². The first kappa shape index (κ1) is 36.6. The van der Waals surface area contributed by atoms with Gasteiger partial charge >= 0.3 is 0 Å². The number of para-hydroxylation sites is 3. The molecule has 0 atom stereocenters. The molecule has 0 bridgehead atoms. The standard InChI is InChI=1S/C62H38N2O2/c1-3-15-39(16-4-1)40-27-30-44(31-28-40)63(54-35-41-17-7-8-20-46(41)47-21-9-10-22-48(47)54)45-32-34-53-52(37-45)61-55(64(53)43-18-5-2-6-19-43)38-59-62(51-24-12-14-26-57(51)66-59)60(61)42-29-33-50-49-23-11-13-25-56(49)65-58(50)36-42/h1-38H. The van der Waals surface area contributed by atoms with Gasteiger partial charge in [-0.15, -0.1) is 0 Å². The van der Waals surface area contributed by atoms with Gasteiger partial charge in [0.05, 0.1) is 16.7 Å². The minimum atomic E-state index is 0.839. The van der Waals surface area contributed by atoms with Gasteiger partial charge in [-0.3, -0.25) is 0 Å². The Morgan fingerprint density at radius 2 is 0.909 bits per heavy atom. The molecule has 4 nitrogen and oxygen atoms in total. The average Bonchev–Trinajstić information content (AvgIpc) is 4.05. The Labute approximate surface area is 379 Å². The van der Waals surface area contributed by atoms with Crippen molar-refractivity contribution in [2.75, 3.05) is 4.90 Å². The van der Waals surface area contributed by atoms with Crippen molar-refractivity contribution < 1.29 is 8.83 Å². The number of aromatic nitrogens is 1. The Balaban J connectivity index is 1.11. The fourth-order valence-corrected chi connectivity index (χ4v) is 10.6. The zero-order valence-electron chi connectivity index (χ0n) is 35.7. The lowest BCUT2D eigenvalue weighted by atomic mass is 9.93. The van der Waals surface area contributed by atoms with Gasteiger partial charge in [0.15, 0.2) is 0 Å². The second kappa shape index (κ2) is 14.3. The predicted molar refractivity (Wildman–Crippen MR) is 276 cm³/mol. The second-order valence-corrected chi connectivity index (χ2v) is 17.2.